The molecular formula is C16H31N3. The van der Waals surface area contributed by atoms with Crippen molar-refractivity contribution in [1.29, 1.82) is 0 Å². The van der Waals surface area contributed by atoms with E-state index in [-0.39, 0.29) is 0 Å². The Kier molecular flexibility index (Phi) is 5.60. The Morgan fingerprint density at radius 1 is 1.26 bits per heavy atom. The number of aromatic nitrogens is 2. The van der Waals surface area contributed by atoms with Crippen LogP contribution in [0.5, 0.6) is 0 Å². The van der Waals surface area contributed by atoms with Gasteiger partial charge in [0.2, 0.25) is 0 Å². The SMILES string of the molecule is CCCNC(CCc1c(C)nn(C)c1C)C(C)(C)C. The summed E-state index contributed by atoms with van der Waals surface area (Å²) in [5, 5.41) is 8.21. The number of hydrogen-bond donors (Lipinski definition) is 1. The highest BCUT2D eigenvalue weighted by molar-refractivity contribution is 5.24. The van der Waals surface area contributed by atoms with Crippen LogP contribution in [0.4, 0.5) is 0 Å². The minimum Gasteiger partial charge on any atom is -0.313 e. The van der Waals surface area contributed by atoms with Crippen LogP contribution >= 0.6 is 0 Å². The second-order valence-corrected chi connectivity index (χ2v) is 6.68. The third kappa shape index (κ3) is 4.34. The highest BCUT2D eigenvalue weighted by Crippen LogP contribution is 2.24. The average molecular weight is 265 g/mol. The van der Waals surface area contributed by atoms with E-state index in [1.54, 1.807) is 0 Å². The summed E-state index contributed by atoms with van der Waals surface area (Å²) >= 11 is 0. The fourth-order valence-corrected chi connectivity index (χ4v) is 2.63. The Balaban J connectivity index is 2.70. The fraction of sp³-hybridized carbons (Fsp3) is 0.812. The standard InChI is InChI=1S/C16H31N3/c1-8-11-17-15(16(4,5)6)10-9-14-12(2)18-19(7)13(14)3/h15,17H,8-11H2,1-7H3. The minimum atomic E-state index is 0.305. The van der Waals surface area contributed by atoms with Gasteiger partial charge in [0.15, 0.2) is 0 Å². The van der Waals surface area contributed by atoms with Crippen LogP contribution in [-0.2, 0) is 13.5 Å². The average Bonchev–Trinajstić information content (AvgIpc) is 2.53. The van der Waals surface area contributed by atoms with Crippen LogP contribution in [0, 0.1) is 19.3 Å². The summed E-state index contributed by atoms with van der Waals surface area (Å²) in [6.07, 6.45) is 3.48. The van der Waals surface area contributed by atoms with E-state index in [1.165, 1.54) is 29.8 Å². The molecule has 0 aromatic carbocycles. The normalized spacial score (nSPS) is 13.8. The fourth-order valence-electron chi connectivity index (χ4n) is 2.63. The summed E-state index contributed by atoms with van der Waals surface area (Å²) in [6.45, 7) is 14.6. The monoisotopic (exact) mass is 265 g/mol. The van der Waals surface area contributed by atoms with Crippen LogP contribution in [-0.4, -0.2) is 22.4 Å². The second kappa shape index (κ2) is 6.56. The van der Waals surface area contributed by atoms with Crippen molar-refractivity contribution >= 4 is 0 Å². The molecule has 1 atom stereocenters. The molecule has 0 bridgehead atoms. The van der Waals surface area contributed by atoms with E-state index in [1.807, 2.05) is 11.7 Å². The lowest BCUT2D eigenvalue weighted by molar-refractivity contribution is 0.255. The summed E-state index contributed by atoms with van der Waals surface area (Å²) in [6, 6.07) is 0.562. The lowest BCUT2D eigenvalue weighted by Crippen LogP contribution is -2.41. The van der Waals surface area contributed by atoms with E-state index >= 15 is 0 Å². The molecule has 0 aliphatic carbocycles. The van der Waals surface area contributed by atoms with Crippen molar-refractivity contribution in [1.82, 2.24) is 15.1 Å². The van der Waals surface area contributed by atoms with Crippen molar-refractivity contribution in [3.63, 3.8) is 0 Å². The van der Waals surface area contributed by atoms with Gasteiger partial charge in [-0.1, -0.05) is 27.7 Å². The van der Waals surface area contributed by atoms with Crippen molar-refractivity contribution < 1.29 is 0 Å². The molecule has 110 valence electrons. The van der Waals surface area contributed by atoms with Crippen LogP contribution in [0.1, 0.15) is 57.5 Å². The van der Waals surface area contributed by atoms with E-state index in [0.717, 1.165) is 13.0 Å². The quantitative estimate of drug-likeness (QED) is 0.854. The zero-order valence-corrected chi connectivity index (χ0v) is 13.8. The summed E-state index contributed by atoms with van der Waals surface area (Å²) in [4.78, 5) is 0. The molecule has 0 radical (unpaired) electrons. The zero-order chi connectivity index (χ0) is 14.6. The van der Waals surface area contributed by atoms with E-state index in [9.17, 15) is 0 Å². The number of nitrogens with one attached hydrogen (secondary N) is 1. The topological polar surface area (TPSA) is 29.9 Å². The number of rotatable bonds is 6. The van der Waals surface area contributed by atoms with Gasteiger partial charge in [-0.25, -0.2) is 0 Å². The molecule has 3 nitrogen and oxygen atoms in total. The molecule has 1 unspecified atom stereocenters. The lowest BCUT2D eigenvalue weighted by Gasteiger charge is -2.32. The first kappa shape index (κ1) is 16.2. The van der Waals surface area contributed by atoms with Crippen molar-refractivity contribution in [2.24, 2.45) is 12.5 Å². The maximum Gasteiger partial charge on any atom is 0.0628 e. The predicted octanol–water partition coefficient (Wildman–Crippen LogP) is 3.38. The first-order valence-electron chi connectivity index (χ1n) is 7.49. The van der Waals surface area contributed by atoms with Gasteiger partial charge in [0.05, 0.1) is 5.69 Å². The van der Waals surface area contributed by atoms with Gasteiger partial charge in [0.1, 0.15) is 0 Å². The van der Waals surface area contributed by atoms with Crippen LogP contribution in [0.25, 0.3) is 0 Å². The highest BCUT2D eigenvalue weighted by atomic mass is 15.3. The molecule has 19 heavy (non-hydrogen) atoms. The van der Waals surface area contributed by atoms with Gasteiger partial charge in [-0.15, -0.1) is 0 Å². The van der Waals surface area contributed by atoms with Crippen LogP contribution in [0.15, 0.2) is 0 Å². The Bertz CT molecular complexity index is 399. The summed E-state index contributed by atoms with van der Waals surface area (Å²) in [5.74, 6) is 0. The Morgan fingerprint density at radius 2 is 1.89 bits per heavy atom. The molecule has 0 aliphatic rings. The Hall–Kier alpha value is -0.830. The molecule has 3 heteroatoms. The molecule has 0 amide bonds. The lowest BCUT2D eigenvalue weighted by atomic mass is 9.83. The molecule has 1 rings (SSSR count). The molecule has 0 spiro atoms. The van der Waals surface area contributed by atoms with Crippen LogP contribution in [0.3, 0.4) is 0 Å². The zero-order valence-electron chi connectivity index (χ0n) is 13.8. The molecule has 0 fully saturated rings. The smallest absolute Gasteiger partial charge is 0.0628 e. The van der Waals surface area contributed by atoms with Gasteiger partial charge in [0.25, 0.3) is 0 Å². The molecule has 1 aromatic heterocycles. The molecule has 1 heterocycles. The van der Waals surface area contributed by atoms with E-state index in [2.05, 4.69) is 52.0 Å². The van der Waals surface area contributed by atoms with E-state index < -0.39 is 0 Å². The second-order valence-electron chi connectivity index (χ2n) is 6.68. The molecule has 0 saturated carbocycles. The van der Waals surface area contributed by atoms with Crippen molar-refractivity contribution in [2.45, 2.75) is 66.8 Å². The Morgan fingerprint density at radius 3 is 2.32 bits per heavy atom. The minimum absolute atomic E-state index is 0.305. The Labute approximate surface area is 118 Å². The van der Waals surface area contributed by atoms with Gasteiger partial charge < -0.3 is 5.32 Å². The third-order valence-electron chi connectivity index (χ3n) is 4.03. The highest BCUT2D eigenvalue weighted by Gasteiger charge is 2.24. The first-order chi connectivity index (χ1) is 8.77. The van der Waals surface area contributed by atoms with Gasteiger partial charge in [-0.2, -0.15) is 5.10 Å². The summed E-state index contributed by atoms with van der Waals surface area (Å²) in [5.41, 5.74) is 4.22. The van der Waals surface area contributed by atoms with Crippen molar-refractivity contribution in [2.75, 3.05) is 6.54 Å². The predicted molar refractivity (Wildman–Crippen MR) is 82.5 cm³/mol. The summed E-state index contributed by atoms with van der Waals surface area (Å²) < 4.78 is 2.00. The van der Waals surface area contributed by atoms with Crippen molar-refractivity contribution in [3.8, 4) is 0 Å². The molecular weight excluding hydrogens is 234 g/mol. The van der Waals surface area contributed by atoms with E-state index in [0.29, 0.717) is 11.5 Å². The van der Waals surface area contributed by atoms with Crippen LogP contribution < -0.4 is 5.32 Å². The molecule has 1 N–H and O–H groups in total. The largest absolute Gasteiger partial charge is 0.313 e. The number of hydrogen-bond acceptors (Lipinski definition) is 2. The van der Waals surface area contributed by atoms with Crippen molar-refractivity contribution in [3.05, 3.63) is 17.0 Å². The number of nitrogens with zero attached hydrogens (tertiary/aromatic N) is 2. The third-order valence-corrected chi connectivity index (χ3v) is 4.03. The van der Waals surface area contributed by atoms with Crippen LogP contribution in [0.2, 0.25) is 0 Å². The molecule has 0 saturated heterocycles. The molecule has 1 aromatic rings. The molecule has 0 aliphatic heterocycles. The van der Waals surface area contributed by atoms with E-state index in [4.69, 9.17) is 0 Å². The van der Waals surface area contributed by atoms with Gasteiger partial charge in [0, 0.05) is 18.8 Å². The van der Waals surface area contributed by atoms with Gasteiger partial charge in [-0.3, -0.25) is 4.68 Å². The number of aryl methyl sites for hydroxylation is 2. The van der Waals surface area contributed by atoms with Gasteiger partial charge >= 0.3 is 0 Å². The maximum atomic E-state index is 4.51. The summed E-state index contributed by atoms with van der Waals surface area (Å²) in [7, 11) is 2.03. The van der Waals surface area contributed by atoms with Gasteiger partial charge in [-0.05, 0) is 50.6 Å². The first-order valence-corrected chi connectivity index (χ1v) is 7.49. The maximum absolute atomic E-state index is 4.51.